The molecule has 3 aromatic rings. The highest BCUT2D eigenvalue weighted by atomic mass is 35.5. The first kappa shape index (κ1) is 15.4. The van der Waals surface area contributed by atoms with E-state index in [1.807, 2.05) is 0 Å². The SMILES string of the molecule is COc1ccc(NC(=O)c2cc3ccc(F)cc3n2C)cc1Cl. The molecule has 0 aliphatic rings. The lowest BCUT2D eigenvalue weighted by Crippen LogP contribution is -2.15. The summed E-state index contributed by atoms with van der Waals surface area (Å²) in [4.78, 5) is 12.5. The van der Waals surface area contributed by atoms with Crippen LogP contribution in [0.5, 0.6) is 5.75 Å². The van der Waals surface area contributed by atoms with Crippen molar-refractivity contribution in [1.29, 1.82) is 0 Å². The number of anilines is 1. The monoisotopic (exact) mass is 332 g/mol. The van der Waals surface area contributed by atoms with E-state index in [9.17, 15) is 9.18 Å². The van der Waals surface area contributed by atoms with E-state index in [1.54, 1.807) is 41.9 Å². The highest BCUT2D eigenvalue weighted by Gasteiger charge is 2.14. The van der Waals surface area contributed by atoms with Crippen LogP contribution in [0.2, 0.25) is 5.02 Å². The molecule has 0 atom stereocenters. The Bertz CT molecular complexity index is 905. The molecule has 2 aromatic carbocycles. The molecule has 1 aromatic heterocycles. The van der Waals surface area contributed by atoms with Crippen LogP contribution in [0.3, 0.4) is 0 Å². The molecule has 4 nitrogen and oxygen atoms in total. The molecule has 118 valence electrons. The Hall–Kier alpha value is -2.53. The molecule has 1 heterocycles. The van der Waals surface area contributed by atoms with E-state index in [0.29, 0.717) is 27.7 Å². The van der Waals surface area contributed by atoms with Gasteiger partial charge in [-0.15, -0.1) is 0 Å². The zero-order valence-corrected chi connectivity index (χ0v) is 13.3. The maximum atomic E-state index is 13.3. The number of halogens is 2. The highest BCUT2D eigenvalue weighted by Crippen LogP contribution is 2.28. The third-order valence-electron chi connectivity index (χ3n) is 3.65. The molecule has 0 aliphatic heterocycles. The minimum absolute atomic E-state index is 0.301. The van der Waals surface area contributed by atoms with Gasteiger partial charge in [-0.3, -0.25) is 4.79 Å². The van der Waals surface area contributed by atoms with Crippen molar-refractivity contribution in [2.24, 2.45) is 7.05 Å². The molecule has 3 rings (SSSR count). The van der Waals surface area contributed by atoms with Gasteiger partial charge in [-0.25, -0.2) is 4.39 Å². The van der Waals surface area contributed by atoms with Gasteiger partial charge in [-0.2, -0.15) is 0 Å². The largest absolute Gasteiger partial charge is 0.495 e. The fourth-order valence-electron chi connectivity index (χ4n) is 2.46. The van der Waals surface area contributed by atoms with Crippen LogP contribution < -0.4 is 10.1 Å². The van der Waals surface area contributed by atoms with Crippen molar-refractivity contribution in [3.63, 3.8) is 0 Å². The Morgan fingerprint density at radius 1 is 1.22 bits per heavy atom. The second-order valence-corrected chi connectivity index (χ2v) is 5.50. The number of benzene rings is 2. The predicted octanol–water partition coefficient (Wildman–Crippen LogP) is 4.23. The lowest BCUT2D eigenvalue weighted by Gasteiger charge is -2.09. The van der Waals surface area contributed by atoms with Gasteiger partial charge in [-0.1, -0.05) is 11.6 Å². The van der Waals surface area contributed by atoms with E-state index in [1.165, 1.54) is 19.2 Å². The molecular formula is C17H14ClFN2O2. The van der Waals surface area contributed by atoms with Crippen molar-refractivity contribution in [3.05, 3.63) is 59.0 Å². The van der Waals surface area contributed by atoms with Gasteiger partial charge in [0.15, 0.2) is 0 Å². The molecule has 23 heavy (non-hydrogen) atoms. The number of aromatic nitrogens is 1. The quantitative estimate of drug-likeness (QED) is 0.780. The topological polar surface area (TPSA) is 43.3 Å². The Balaban J connectivity index is 1.91. The predicted molar refractivity (Wildman–Crippen MR) is 88.8 cm³/mol. The summed E-state index contributed by atoms with van der Waals surface area (Å²) >= 11 is 6.05. The van der Waals surface area contributed by atoms with Crippen molar-refractivity contribution in [1.82, 2.24) is 4.57 Å². The second kappa shape index (κ2) is 5.93. The van der Waals surface area contributed by atoms with Crippen LogP contribution in [0.1, 0.15) is 10.5 Å². The number of rotatable bonds is 3. The van der Waals surface area contributed by atoms with E-state index in [2.05, 4.69) is 5.32 Å². The Kier molecular flexibility index (Phi) is 3.96. The van der Waals surface area contributed by atoms with Crippen LogP contribution in [0, 0.1) is 5.82 Å². The van der Waals surface area contributed by atoms with Crippen LogP contribution in [0.25, 0.3) is 10.9 Å². The number of carbonyl (C=O) groups is 1. The number of aryl methyl sites for hydroxylation is 1. The molecule has 1 N–H and O–H groups in total. The summed E-state index contributed by atoms with van der Waals surface area (Å²) in [5.74, 6) is -0.109. The number of fused-ring (bicyclic) bond motifs is 1. The van der Waals surface area contributed by atoms with E-state index in [-0.39, 0.29) is 11.7 Å². The highest BCUT2D eigenvalue weighted by molar-refractivity contribution is 6.32. The molecule has 1 amide bonds. The molecule has 6 heteroatoms. The maximum absolute atomic E-state index is 13.3. The zero-order chi connectivity index (χ0) is 16.6. The fraction of sp³-hybridized carbons (Fsp3) is 0.118. The number of hydrogen-bond acceptors (Lipinski definition) is 2. The van der Waals surface area contributed by atoms with E-state index < -0.39 is 0 Å². The number of amides is 1. The molecular weight excluding hydrogens is 319 g/mol. The van der Waals surface area contributed by atoms with Crippen LogP contribution in [0.4, 0.5) is 10.1 Å². The molecule has 0 unspecified atom stereocenters. The Morgan fingerprint density at radius 2 is 2.00 bits per heavy atom. The number of ether oxygens (including phenoxy) is 1. The van der Waals surface area contributed by atoms with E-state index >= 15 is 0 Å². The summed E-state index contributed by atoms with van der Waals surface area (Å²) in [5.41, 5.74) is 1.64. The molecule has 0 saturated carbocycles. The van der Waals surface area contributed by atoms with Crippen LogP contribution >= 0.6 is 11.6 Å². The molecule has 0 fully saturated rings. The number of hydrogen-bond donors (Lipinski definition) is 1. The average Bonchev–Trinajstić information content (AvgIpc) is 2.84. The summed E-state index contributed by atoms with van der Waals surface area (Å²) in [7, 11) is 3.24. The minimum atomic E-state index is -0.340. The van der Waals surface area contributed by atoms with Gasteiger partial charge in [0.2, 0.25) is 0 Å². The summed E-state index contributed by atoms with van der Waals surface area (Å²) < 4.78 is 20.1. The smallest absolute Gasteiger partial charge is 0.272 e. The van der Waals surface area contributed by atoms with Gasteiger partial charge in [0.1, 0.15) is 17.3 Å². The summed E-state index contributed by atoms with van der Waals surface area (Å²) in [6.45, 7) is 0. The summed E-state index contributed by atoms with van der Waals surface area (Å²) in [6.07, 6.45) is 0. The lowest BCUT2D eigenvalue weighted by atomic mass is 10.2. The summed E-state index contributed by atoms with van der Waals surface area (Å²) in [5, 5.41) is 3.98. The van der Waals surface area contributed by atoms with Crippen molar-refractivity contribution in [2.75, 3.05) is 12.4 Å². The fourth-order valence-corrected chi connectivity index (χ4v) is 2.72. The number of methoxy groups -OCH3 is 1. The van der Waals surface area contributed by atoms with Gasteiger partial charge in [0, 0.05) is 18.1 Å². The maximum Gasteiger partial charge on any atom is 0.272 e. The molecule has 0 spiro atoms. The Morgan fingerprint density at radius 3 is 2.70 bits per heavy atom. The first-order valence-electron chi connectivity index (χ1n) is 6.89. The minimum Gasteiger partial charge on any atom is -0.495 e. The van der Waals surface area contributed by atoms with Gasteiger partial charge < -0.3 is 14.6 Å². The van der Waals surface area contributed by atoms with Crippen molar-refractivity contribution in [2.45, 2.75) is 0 Å². The number of nitrogens with zero attached hydrogens (tertiary/aromatic N) is 1. The van der Waals surface area contributed by atoms with E-state index in [4.69, 9.17) is 16.3 Å². The molecule has 0 saturated heterocycles. The second-order valence-electron chi connectivity index (χ2n) is 5.10. The van der Waals surface area contributed by atoms with Gasteiger partial charge >= 0.3 is 0 Å². The van der Waals surface area contributed by atoms with Crippen LogP contribution in [-0.2, 0) is 7.05 Å². The zero-order valence-electron chi connectivity index (χ0n) is 12.6. The standard InChI is InChI=1S/C17H14ClFN2O2/c1-21-14-8-11(19)4-3-10(14)7-15(21)17(22)20-12-5-6-16(23-2)13(18)9-12/h3-9H,1-2H3,(H,20,22). The van der Waals surface area contributed by atoms with Crippen LogP contribution in [-0.4, -0.2) is 17.6 Å². The average molecular weight is 333 g/mol. The normalized spacial score (nSPS) is 10.8. The van der Waals surface area contributed by atoms with Gasteiger partial charge in [0.05, 0.1) is 17.6 Å². The van der Waals surface area contributed by atoms with Crippen molar-refractivity contribution >= 4 is 34.1 Å². The summed E-state index contributed by atoms with van der Waals surface area (Å²) in [6, 6.07) is 11.1. The third-order valence-corrected chi connectivity index (χ3v) is 3.95. The first-order chi connectivity index (χ1) is 11.0. The third kappa shape index (κ3) is 2.87. The van der Waals surface area contributed by atoms with Gasteiger partial charge in [-0.05, 0) is 42.5 Å². The van der Waals surface area contributed by atoms with Gasteiger partial charge in [0.25, 0.3) is 5.91 Å². The Labute approximate surface area is 137 Å². The number of carbonyl (C=O) groups excluding carboxylic acids is 1. The van der Waals surface area contributed by atoms with Crippen molar-refractivity contribution < 1.29 is 13.9 Å². The molecule has 0 bridgehead atoms. The molecule has 0 radical (unpaired) electrons. The van der Waals surface area contributed by atoms with Crippen molar-refractivity contribution in [3.8, 4) is 5.75 Å². The van der Waals surface area contributed by atoms with Crippen LogP contribution in [0.15, 0.2) is 42.5 Å². The molecule has 0 aliphatic carbocycles. The van der Waals surface area contributed by atoms with E-state index in [0.717, 1.165) is 5.39 Å². The number of nitrogens with one attached hydrogen (secondary N) is 1. The lowest BCUT2D eigenvalue weighted by molar-refractivity contribution is 0.101. The first-order valence-corrected chi connectivity index (χ1v) is 7.27.